The zero-order chi connectivity index (χ0) is 15.6. The summed E-state index contributed by atoms with van der Waals surface area (Å²) in [7, 11) is -3.49. The van der Waals surface area contributed by atoms with Gasteiger partial charge < -0.3 is 14.6 Å². The molecular weight excluding hydrogens is 310 g/mol. The molecule has 3 rings (SSSR count). The second-order valence-electron chi connectivity index (χ2n) is 6.22. The number of morpholine rings is 2. The van der Waals surface area contributed by atoms with Gasteiger partial charge in [0.25, 0.3) is 10.2 Å². The molecule has 0 aliphatic carbocycles. The van der Waals surface area contributed by atoms with Crippen molar-refractivity contribution in [2.45, 2.75) is 12.0 Å². The Morgan fingerprint density at radius 1 is 0.909 bits per heavy atom. The number of ether oxygens (including phenoxy) is 2. The third-order valence-electron chi connectivity index (χ3n) is 4.54. The SMILES string of the molecule is O=S(=O)(N1CCOCC1)N1CC[C@@](O)(CN2CCOCC2)C1. The normalized spacial score (nSPS) is 33.3. The van der Waals surface area contributed by atoms with Gasteiger partial charge in [0.15, 0.2) is 0 Å². The van der Waals surface area contributed by atoms with Crippen LogP contribution in [0.1, 0.15) is 6.42 Å². The van der Waals surface area contributed by atoms with Crippen LogP contribution in [0.4, 0.5) is 0 Å². The van der Waals surface area contributed by atoms with E-state index in [0.717, 1.165) is 13.1 Å². The minimum atomic E-state index is -3.49. The first-order valence-electron chi connectivity index (χ1n) is 7.85. The first-order valence-corrected chi connectivity index (χ1v) is 9.25. The molecule has 0 unspecified atom stereocenters. The van der Waals surface area contributed by atoms with Crippen molar-refractivity contribution in [1.82, 2.24) is 13.5 Å². The molecule has 0 saturated carbocycles. The highest BCUT2D eigenvalue weighted by atomic mass is 32.2. The van der Waals surface area contributed by atoms with E-state index in [1.807, 2.05) is 0 Å². The van der Waals surface area contributed by atoms with E-state index in [2.05, 4.69) is 4.90 Å². The summed E-state index contributed by atoms with van der Waals surface area (Å²) in [6, 6.07) is 0. The van der Waals surface area contributed by atoms with E-state index >= 15 is 0 Å². The highest BCUT2D eigenvalue weighted by Crippen LogP contribution is 2.26. The van der Waals surface area contributed by atoms with Gasteiger partial charge in [-0.05, 0) is 6.42 Å². The lowest BCUT2D eigenvalue weighted by molar-refractivity contribution is -0.0241. The number of β-amino-alcohol motifs (C(OH)–C–C–N with tert-alkyl or cyclic N) is 1. The number of rotatable bonds is 4. The predicted octanol–water partition coefficient (Wildman–Crippen LogP) is -1.67. The van der Waals surface area contributed by atoms with E-state index in [0.29, 0.717) is 59.0 Å². The van der Waals surface area contributed by atoms with Gasteiger partial charge in [-0.15, -0.1) is 0 Å². The third kappa shape index (κ3) is 3.61. The van der Waals surface area contributed by atoms with Crippen LogP contribution in [0.3, 0.4) is 0 Å². The Labute approximate surface area is 131 Å². The van der Waals surface area contributed by atoms with Gasteiger partial charge in [0.05, 0.1) is 32.0 Å². The average Bonchev–Trinajstić information content (AvgIpc) is 2.92. The highest BCUT2D eigenvalue weighted by molar-refractivity contribution is 7.86. The monoisotopic (exact) mass is 335 g/mol. The number of hydrogen-bond acceptors (Lipinski definition) is 6. The Kier molecular flexibility index (Phi) is 5.03. The zero-order valence-corrected chi connectivity index (χ0v) is 13.6. The molecule has 1 N–H and O–H groups in total. The lowest BCUT2D eigenvalue weighted by Crippen LogP contribution is -2.51. The molecular formula is C13H25N3O5S. The molecule has 3 heterocycles. The van der Waals surface area contributed by atoms with Crippen molar-refractivity contribution in [3.63, 3.8) is 0 Å². The molecule has 0 aromatic heterocycles. The van der Waals surface area contributed by atoms with Crippen molar-refractivity contribution in [3.05, 3.63) is 0 Å². The molecule has 1 atom stereocenters. The first-order chi connectivity index (χ1) is 10.5. The van der Waals surface area contributed by atoms with Crippen LogP contribution in [-0.2, 0) is 19.7 Å². The largest absolute Gasteiger partial charge is 0.387 e. The lowest BCUT2D eigenvalue weighted by Gasteiger charge is -2.34. The fraction of sp³-hybridized carbons (Fsp3) is 1.00. The van der Waals surface area contributed by atoms with Gasteiger partial charge in [-0.3, -0.25) is 4.90 Å². The first kappa shape index (κ1) is 16.6. The summed E-state index contributed by atoms with van der Waals surface area (Å²) >= 11 is 0. The van der Waals surface area contributed by atoms with E-state index in [9.17, 15) is 13.5 Å². The number of nitrogens with zero attached hydrogens (tertiary/aromatic N) is 3. The van der Waals surface area contributed by atoms with E-state index < -0.39 is 15.8 Å². The summed E-state index contributed by atoms with van der Waals surface area (Å²) in [4.78, 5) is 2.15. The number of hydrogen-bond donors (Lipinski definition) is 1. The molecule has 3 aliphatic heterocycles. The maximum Gasteiger partial charge on any atom is 0.282 e. The molecule has 8 nitrogen and oxygen atoms in total. The van der Waals surface area contributed by atoms with E-state index in [4.69, 9.17) is 9.47 Å². The van der Waals surface area contributed by atoms with Crippen LogP contribution in [0.25, 0.3) is 0 Å². The summed E-state index contributed by atoms with van der Waals surface area (Å²) in [6.45, 7) is 5.63. The van der Waals surface area contributed by atoms with Crippen LogP contribution in [0.15, 0.2) is 0 Å². The van der Waals surface area contributed by atoms with E-state index in [1.54, 1.807) is 0 Å². The summed E-state index contributed by atoms with van der Waals surface area (Å²) in [5.41, 5.74) is -0.962. The van der Waals surface area contributed by atoms with Crippen LogP contribution >= 0.6 is 0 Å². The standard InChI is InChI=1S/C13H25N3O5S/c17-13(11-14-3-7-20-8-4-14)1-2-16(12-13)22(18,19)15-5-9-21-10-6-15/h17H,1-12H2/t13-/m1/s1. The van der Waals surface area contributed by atoms with Gasteiger partial charge in [0.2, 0.25) is 0 Å². The molecule has 22 heavy (non-hydrogen) atoms. The van der Waals surface area contributed by atoms with Crippen molar-refractivity contribution in [2.24, 2.45) is 0 Å². The Hall–Kier alpha value is -0.290. The van der Waals surface area contributed by atoms with Crippen LogP contribution in [-0.4, -0.2) is 105 Å². The second-order valence-corrected chi connectivity index (χ2v) is 8.14. The zero-order valence-electron chi connectivity index (χ0n) is 12.8. The molecule has 3 saturated heterocycles. The maximum absolute atomic E-state index is 12.6. The van der Waals surface area contributed by atoms with Crippen molar-refractivity contribution >= 4 is 10.2 Å². The van der Waals surface area contributed by atoms with Crippen LogP contribution in [0.5, 0.6) is 0 Å². The molecule has 128 valence electrons. The van der Waals surface area contributed by atoms with Crippen molar-refractivity contribution < 1.29 is 23.0 Å². The van der Waals surface area contributed by atoms with Gasteiger partial charge in [0, 0.05) is 45.8 Å². The molecule has 3 fully saturated rings. The Bertz CT molecular complexity index is 476. The summed E-state index contributed by atoms with van der Waals surface area (Å²) < 4.78 is 38.6. The fourth-order valence-electron chi connectivity index (χ4n) is 3.26. The quantitative estimate of drug-likeness (QED) is 0.662. The van der Waals surface area contributed by atoms with Gasteiger partial charge >= 0.3 is 0 Å². The lowest BCUT2D eigenvalue weighted by atomic mass is 10.0. The minimum absolute atomic E-state index is 0.171. The summed E-state index contributed by atoms with van der Waals surface area (Å²) in [6.07, 6.45) is 0.480. The maximum atomic E-state index is 12.6. The Morgan fingerprint density at radius 2 is 1.50 bits per heavy atom. The number of aliphatic hydroxyl groups is 1. The molecule has 0 spiro atoms. The smallest absolute Gasteiger partial charge is 0.282 e. The fourth-order valence-corrected chi connectivity index (χ4v) is 4.92. The summed E-state index contributed by atoms with van der Waals surface area (Å²) in [5.74, 6) is 0. The van der Waals surface area contributed by atoms with Crippen molar-refractivity contribution in [1.29, 1.82) is 0 Å². The predicted molar refractivity (Wildman–Crippen MR) is 79.7 cm³/mol. The molecule has 0 radical (unpaired) electrons. The van der Waals surface area contributed by atoms with Crippen molar-refractivity contribution in [3.8, 4) is 0 Å². The van der Waals surface area contributed by atoms with Gasteiger partial charge in [0.1, 0.15) is 0 Å². The molecule has 0 aromatic rings. The molecule has 3 aliphatic rings. The highest BCUT2D eigenvalue weighted by Gasteiger charge is 2.44. The topological polar surface area (TPSA) is 82.5 Å². The van der Waals surface area contributed by atoms with Gasteiger partial charge in [-0.25, -0.2) is 0 Å². The van der Waals surface area contributed by atoms with E-state index in [1.165, 1.54) is 8.61 Å². The van der Waals surface area contributed by atoms with Crippen LogP contribution < -0.4 is 0 Å². The minimum Gasteiger partial charge on any atom is -0.387 e. The second kappa shape index (κ2) is 6.68. The van der Waals surface area contributed by atoms with Gasteiger partial charge in [-0.1, -0.05) is 0 Å². The third-order valence-corrected chi connectivity index (χ3v) is 6.52. The molecule has 0 aromatic carbocycles. The van der Waals surface area contributed by atoms with Crippen LogP contribution in [0, 0.1) is 0 Å². The molecule has 9 heteroatoms. The summed E-state index contributed by atoms with van der Waals surface area (Å²) in [5, 5.41) is 10.7. The Balaban J connectivity index is 1.60. The Morgan fingerprint density at radius 3 is 2.14 bits per heavy atom. The molecule has 0 amide bonds. The van der Waals surface area contributed by atoms with E-state index in [-0.39, 0.29) is 6.54 Å². The molecule has 0 bridgehead atoms. The van der Waals surface area contributed by atoms with Gasteiger partial charge in [-0.2, -0.15) is 17.0 Å². The van der Waals surface area contributed by atoms with Crippen molar-refractivity contribution in [2.75, 3.05) is 72.2 Å². The average molecular weight is 335 g/mol. The van der Waals surface area contributed by atoms with Crippen LogP contribution in [0.2, 0.25) is 0 Å².